The van der Waals surface area contributed by atoms with Crippen LogP contribution >= 0.6 is 11.3 Å². The summed E-state index contributed by atoms with van der Waals surface area (Å²) in [5, 5.41) is 4.30. The van der Waals surface area contributed by atoms with Gasteiger partial charge in [-0.15, -0.1) is 11.3 Å². The van der Waals surface area contributed by atoms with E-state index in [0.717, 1.165) is 29.8 Å². The Hall–Kier alpha value is -4.04. The Balaban J connectivity index is 1.41. The maximum Gasteiger partial charge on any atom is 0.338 e. The van der Waals surface area contributed by atoms with Crippen LogP contribution in [0.2, 0.25) is 0 Å². The van der Waals surface area contributed by atoms with E-state index in [0.29, 0.717) is 24.4 Å². The first-order chi connectivity index (χ1) is 19.1. The Labute approximate surface area is 232 Å². The van der Waals surface area contributed by atoms with Gasteiger partial charge in [0.1, 0.15) is 10.8 Å². The van der Waals surface area contributed by atoms with Gasteiger partial charge in [0.2, 0.25) is 0 Å². The van der Waals surface area contributed by atoms with Crippen molar-refractivity contribution in [2.45, 2.75) is 45.2 Å². The number of urea groups is 1. The van der Waals surface area contributed by atoms with Gasteiger partial charge in [0, 0.05) is 22.3 Å². The van der Waals surface area contributed by atoms with Crippen molar-refractivity contribution in [1.82, 2.24) is 9.47 Å². The molecule has 0 spiro atoms. The molecule has 2 aromatic heterocycles. The lowest BCUT2D eigenvalue weighted by molar-refractivity contribution is 0.0526. The number of aromatic nitrogens is 1. The zero-order valence-corrected chi connectivity index (χ0v) is 22.9. The highest BCUT2D eigenvalue weighted by molar-refractivity contribution is 7.15. The summed E-state index contributed by atoms with van der Waals surface area (Å²) in [6, 6.07) is 18.4. The number of thiophene rings is 1. The molecule has 0 saturated carbocycles. The minimum absolute atomic E-state index is 0.205. The van der Waals surface area contributed by atoms with Crippen LogP contribution in [-0.4, -0.2) is 35.2 Å². The number of amides is 2. The Morgan fingerprint density at radius 3 is 2.64 bits per heavy atom. The van der Waals surface area contributed by atoms with E-state index < -0.39 is 0 Å². The van der Waals surface area contributed by atoms with E-state index in [9.17, 15) is 9.59 Å². The minimum Gasteiger partial charge on any atom is -0.497 e. The van der Waals surface area contributed by atoms with Crippen LogP contribution < -0.4 is 10.1 Å². The Bertz CT molecular complexity index is 1520. The third-order valence-corrected chi connectivity index (χ3v) is 8.83. The van der Waals surface area contributed by atoms with Gasteiger partial charge in [-0.25, -0.2) is 9.59 Å². The van der Waals surface area contributed by atoms with E-state index in [1.807, 2.05) is 40.5 Å². The number of benzene rings is 2. The Kier molecular flexibility index (Phi) is 6.87. The van der Waals surface area contributed by atoms with E-state index >= 15 is 0 Å². The van der Waals surface area contributed by atoms with Gasteiger partial charge in [-0.1, -0.05) is 12.1 Å². The molecule has 0 saturated heterocycles. The van der Waals surface area contributed by atoms with Crippen LogP contribution in [0.25, 0.3) is 5.00 Å². The first-order valence-corrected chi connectivity index (χ1v) is 14.2. The maximum atomic E-state index is 14.1. The molecule has 1 N–H and O–H groups in total. The van der Waals surface area contributed by atoms with E-state index in [4.69, 9.17) is 9.47 Å². The second-order valence-electron chi connectivity index (χ2n) is 9.83. The van der Waals surface area contributed by atoms with Gasteiger partial charge in [0.25, 0.3) is 0 Å². The average molecular weight is 542 g/mol. The van der Waals surface area contributed by atoms with Gasteiger partial charge in [-0.3, -0.25) is 0 Å². The normalized spacial score (nSPS) is 15.9. The summed E-state index contributed by atoms with van der Waals surface area (Å²) in [6.45, 7) is 2.59. The Morgan fingerprint density at radius 2 is 1.85 bits per heavy atom. The number of methoxy groups -OCH3 is 1. The molecule has 39 heavy (non-hydrogen) atoms. The lowest BCUT2D eigenvalue weighted by Crippen LogP contribution is -2.38. The number of fused-ring (bicyclic) bond motifs is 5. The van der Waals surface area contributed by atoms with Crippen molar-refractivity contribution in [2.24, 2.45) is 0 Å². The fourth-order valence-corrected chi connectivity index (χ4v) is 7.05. The SMILES string of the molecule is CCOC(=O)c1ccc(NC(=O)N2Cc3c(sc4c3CCCC4)-n3cccc3[C@H]2c2cccc(OC)c2)cc1. The van der Waals surface area contributed by atoms with Crippen LogP contribution in [0.1, 0.15) is 63.4 Å². The van der Waals surface area contributed by atoms with Crippen LogP contribution in [0.3, 0.4) is 0 Å². The lowest BCUT2D eigenvalue weighted by Gasteiger charge is -2.31. The molecule has 2 amide bonds. The van der Waals surface area contributed by atoms with Crippen LogP contribution in [0.5, 0.6) is 5.75 Å². The van der Waals surface area contributed by atoms with Crippen LogP contribution in [0.15, 0.2) is 66.9 Å². The summed E-state index contributed by atoms with van der Waals surface area (Å²) >= 11 is 1.87. The number of hydrogen-bond acceptors (Lipinski definition) is 5. The molecule has 2 aliphatic rings. The van der Waals surface area contributed by atoms with Crippen molar-refractivity contribution in [3.63, 3.8) is 0 Å². The van der Waals surface area contributed by atoms with Crippen molar-refractivity contribution in [3.05, 3.63) is 99.7 Å². The summed E-state index contributed by atoms with van der Waals surface area (Å²) in [6.07, 6.45) is 6.64. The van der Waals surface area contributed by atoms with E-state index in [1.54, 1.807) is 38.3 Å². The molecule has 1 aliphatic heterocycles. The molecule has 0 fully saturated rings. The highest BCUT2D eigenvalue weighted by atomic mass is 32.1. The molecule has 8 heteroatoms. The predicted octanol–water partition coefficient (Wildman–Crippen LogP) is 6.74. The quantitative estimate of drug-likeness (QED) is 0.284. The summed E-state index contributed by atoms with van der Waals surface area (Å²) < 4.78 is 12.9. The molecule has 2 aromatic carbocycles. The number of aryl methyl sites for hydroxylation is 1. The highest BCUT2D eigenvalue weighted by Gasteiger charge is 2.36. The molecule has 4 aromatic rings. The first kappa shape index (κ1) is 25.2. The zero-order chi connectivity index (χ0) is 26.9. The summed E-state index contributed by atoms with van der Waals surface area (Å²) in [5.74, 6) is 0.369. The number of nitrogens with one attached hydrogen (secondary N) is 1. The number of ether oxygens (including phenoxy) is 2. The fourth-order valence-electron chi connectivity index (χ4n) is 5.65. The molecule has 0 unspecified atom stereocenters. The van der Waals surface area contributed by atoms with Crippen molar-refractivity contribution in [2.75, 3.05) is 19.0 Å². The molecule has 3 heterocycles. The van der Waals surface area contributed by atoms with Crippen molar-refractivity contribution >= 4 is 29.0 Å². The summed E-state index contributed by atoms with van der Waals surface area (Å²) in [4.78, 5) is 29.6. The minimum atomic E-state index is -0.378. The number of carbonyl (C=O) groups is 2. The predicted molar refractivity (Wildman–Crippen MR) is 152 cm³/mol. The largest absolute Gasteiger partial charge is 0.497 e. The monoisotopic (exact) mass is 541 g/mol. The number of anilines is 1. The molecular weight excluding hydrogens is 510 g/mol. The molecule has 0 bridgehead atoms. The molecule has 200 valence electrons. The number of nitrogens with zero attached hydrogens (tertiary/aromatic N) is 2. The molecule has 7 nitrogen and oxygen atoms in total. The van der Waals surface area contributed by atoms with E-state index in [-0.39, 0.29) is 18.0 Å². The smallest absolute Gasteiger partial charge is 0.338 e. The van der Waals surface area contributed by atoms with Gasteiger partial charge >= 0.3 is 12.0 Å². The first-order valence-electron chi connectivity index (χ1n) is 13.4. The standard InChI is InChI=1S/C31H31N3O4S/c1-3-38-30(35)20-13-15-22(16-14-20)32-31(36)34-19-25-24-10-4-5-12-27(24)39-29(25)33-17-7-11-26(33)28(34)21-8-6-9-23(18-21)37-2/h6-9,11,13-18,28H,3-5,10,12,19H2,1-2H3,(H,32,36)/t28-/m1/s1. The third kappa shape index (κ3) is 4.69. The third-order valence-electron chi connectivity index (χ3n) is 7.50. The molecule has 6 rings (SSSR count). The second-order valence-corrected chi connectivity index (χ2v) is 10.9. The average Bonchev–Trinajstić information content (AvgIpc) is 3.55. The van der Waals surface area contributed by atoms with Gasteiger partial charge in [-0.2, -0.15) is 0 Å². The number of esters is 1. The maximum absolute atomic E-state index is 14.1. The molecule has 1 atom stereocenters. The van der Waals surface area contributed by atoms with Crippen molar-refractivity contribution in [1.29, 1.82) is 0 Å². The zero-order valence-electron chi connectivity index (χ0n) is 22.1. The fraction of sp³-hybridized carbons (Fsp3) is 0.290. The Morgan fingerprint density at radius 1 is 1.03 bits per heavy atom. The van der Waals surface area contributed by atoms with Crippen LogP contribution in [0, 0.1) is 0 Å². The molecular formula is C31H31N3O4S. The highest BCUT2D eigenvalue weighted by Crippen LogP contribution is 2.44. The second kappa shape index (κ2) is 10.6. The van der Waals surface area contributed by atoms with E-state index in [1.165, 1.54) is 33.8 Å². The van der Waals surface area contributed by atoms with Gasteiger partial charge in [0.05, 0.1) is 37.6 Å². The summed E-state index contributed by atoms with van der Waals surface area (Å²) in [5.41, 5.74) is 5.73. The molecule has 0 radical (unpaired) electrons. The van der Waals surface area contributed by atoms with Gasteiger partial charge in [-0.05, 0) is 92.3 Å². The lowest BCUT2D eigenvalue weighted by atomic mass is 9.95. The van der Waals surface area contributed by atoms with Gasteiger partial charge in [0.15, 0.2) is 0 Å². The van der Waals surface area contributed by atoms with E-state index in [2.05, 4.69) is 28.2 Å². The summed E-state index contributed by atoms with van der Waals surface area (Å²) in [7, 11) is 1.66. The van der Waals surface area contributed by atoms with Crippen LogP contribution in [0.4, 0.5) is 10.5 Å². The topological polar surface area (TPSA) is 72.8 Å². The van der Waals surface area contributed by atoms with Crippen molar-refractivity contribution in [3.8, 4) is 10.8 Å². The van der Waals surface area contributed by atoms with Gasteiger partial charge < -0.3 is 24.3 Å². The molecule has 1 aliphatic carbocycles. The van der Waals surface area contributed by atoms with Crippen LogP contribution in [-0.2, 0) is 24.1 Å². The number of carbonyl (C=O) groups excluding carboxylic acids is 2. The van der Waals surface area contributed by atoms with Crippen molar-refractivity contribution < 1.29 is 19.1 Å². The number of rotatable bonds is 5. The number of hydrogen-bond donors (Lipinski definition) is 1.